The first-order valence-electron chi connectivity index (χ1n) is 7.51. The molecule has 0 aromatic heterocycles. The van der Waals surface area contributed by atoms with Crippen LogP contribution in [0.4, 0.5) is 5.69 Å². The first-order chi connectivity index (χ1) is 9.99. The molecule has 1 aromatic rings. The van der Waals surface area contributed by atoms with E-state index in [1.165, 1.54) is 18.9 Å². The van der Waals surface area contributed by atoms with Crippen LogP contribution in [0.1, 0.15) is 38.2 Å². The molecule has 1 fully saturated rings. The molecule has 0 heterocycles. The second-order valence-corrected chi connectivity index (χ2v) is 6.34. The number of benzene rings is 1. The number of nitro groups is 1. The van der Waals surface area contributed by atoms with E-state index in [4.69, 9.17) is 10.5 Å². The highest BCUT2D eigenvalue weighted by Gasteiger charge is 2.35. The highest BCUT2D eigenvalue weighted by atomic mass is 16.6. The van der Waals surface area contributed by atoms with E-state index in [1.54, 1.807) is 19.2 Å². The van der Waals surface area contributed by atoms with E-state index < -0.39 is 0 Å². The van der Waals surface area contributed by atoms with E-state index >= 15 is 0 Å². The van der Waals surface area contributed by atoms with E-state index in [9.17, 15) is 10.1 Å². The predicted molar refractivity (Wildman–Crippen MR) is 82.5 cm³/mol. The van der Waals surface area contributed by atoms with Crippen LogP contribution in [0.3, 0.4) is 0 Å². The average Bonchev–Trinajstić information content (AvgIpc) is 2.47. The summed E-state index contributed by atoms with van der Waals surface area (Å²) in [4.78, 5) is 10.6. The van der Waals surface area contributed by atoms with Gasteiger partial charge in [-0.2, -0.15) is 0 Å². The largest absolute Gasteiger partial charge is 0.496 e. The highest BCUT2D eigenvalue weighted by Crippen LogP contribution is 2.42. The van der Waals surface area contributed by atoms with Gasteiger partial charge in [0.15, 0.2) is 0 Å². The topological polar surface area (TPSA) is 78.4 Å². The third-order valence-corrected chi connectivity index (χ3v) is 4.66. The molecule has 5 heteroatoms. The summed E-state index contributed by atoms with van der Waals surface area (Å²) in [5, 5.41) is 11.0. The molecule has 0 bridgehead atoms. The van der Waals surface area contributed by atoms with Crippen molar-refractivity contribution in [3.63, 3.8) is 0 Å². The van der Waals surface area contributed by atoms with Crippen LogP contribution in [-0.4, -0.2) is 18.6 Å². The molecule has 1 saturated carbocycles. The number of hydrogen-bond donors (Lipinski definition) is 1. The predicted octanol–water partition coefficient (Wildman–Crippen LogP) is 3.30. The summed E-state index contributed by atoms with van der Waals surface area (Å²) < 4.78 is 5.37. The zero-order valence-corrected chi connectivity index (χ0v) is 12.8. The first-order valence-corrected chi connectivity index (χ1v) is 7.51. The molecule has 2 atom stereocenters. The summed E-state index contributed by atoms with van der Waals surface area (Å²) in [6.07, 6.45) is 5.33. The zero-order valence-electron chi connectivity index (χ0n) is 12.8. The van der Waals surface area contributed by atoms with Crippen LogP contribution < -0.4 is 10.5 Å². The lowest BCUT2D eigenvalue weighted by molar-refractivity contribution is -0.384. The fourth-order valence-electron chi connectivity index (χ4n) is 3.61. The molecule has 2 unspecified atom stereocenters. The number of methoxy groups -OCH3 is 1. The van der Waals surface area contributed by atoms with Gasteiger partial charge < -0.3 is 10.5 Å². The molecule has 0 spiro atoms. The Labute approximate surface area is 125 Å². The molecule has 21 heavy (non-hydrogen) atoms. The third kappa shape index (κ3) is 3.53. The molecular formula is C16H24N2O3. The van der Waals surface area contributed by atoms with Crippen molar-refractivity contribution in [2.75, 3.05) is 13.7 Å². The van der Waals surface area contributed by atoms with Gasteiger partial charge in [-0.05, 0) is 43.2 Å². The van der Waals surface area contributed by atoms with Gasteiger partial charge in [0, 0.05) is 17.7 Å². The molecule has 0 aliphatic heterocycles. The molecule has 0 amide bonds. The smallest absolute Gasteiger partial charge is 0.269 e. The van der Waals surface area contributed by atoms with E-state index in [2.05, 4.69) is 6.92 Å². The summed E-state index contributed by atoms with van der Waals surface area (Å²) in [7, 11) is 1.60. The number of ether oxygens (including phenoxy) is 1. The second kappa shape index (κ2) is 6.43. The van der Waals surface area contributed by atoms with Gasteiger partial charge in [-0.25, -0.2) is 0 Å². The van der Waals surface area contributed by atoms with Gasteiger partial charge in [0.2, 0.25) is 0 Å². The van der Waals surface area contributed by atoms with E-state index in [0.29, 0.717) is 18.2 Å². The Kier molecular flexibility index (Phi) is 4.83. The van der Waals surface area contributed by atoms with Gasteiger partial charge >= 0.3 is 0 Å². The molecular weight excluding hydrogens is 268 g/mol. The molecule has 0 saturated heterocycles. The number of nitrogens with two attached hydrogens (primary N) is 1. The SMILES string of the molecule is COc1ccc([N+](=O)[O-])cc1CC1(CN)CCCC(C)C1. The van der Waals surface area contributed by atoms with Gasteiger partial charge in [-0.15, -0.1) is 0 Å². The molecule has 1 aromatic carbocycles. The van der Waals surface area contributed by atoms with Crippen molar-refractivity contribution in [3.8, 4) is 5.75 Å². The van der Waals surface area contributed by atoms with Gasteiger partial charge in [0.1, 0.15) is 5.75 Å². The standard InChI is InChI=1S/C16H24N2O3/c1-12-4-3-7-16(9-12,11-17)10-13-8-14(18(19)20)5-6-15(13)21-2/h5-6,8,12H,3-4,7,9-11,17H2,1-2H3. The van der Waals surface area contributed by atoms with E-state index in [0.717, 1.165) is 24.8 Å². The van der Waals surface area contributed by atoms with Crippen molar-refractivity contribution >= 4 is 5.69 Å². The molecule has 2 N–H and O–H groups in total. The van der Waals surface area contributed by atoms with Gasteiger partial charge in [0.25, 0.3) is 5.69 Å². The third-order valence-electron chi connectivity index (χ3n) is 4.66. The molecule has 1 aliphatic rings. The van der Waals surface area contributed by atoms with Crippen molar-refractivity contribution in [3.05, 3.63) is 33.9 Å². The maximum absolute atomic E-state index is 11.0. The van der Waals surface area contributed by atoms with Crippen LogP contribution >= 0.6 is 0 Å². The fraction of sp³-hybridized carbons (Fsp3) is 0.625. The van der Waals surface area contributed by atoms with Crippen molar-refractivity contribution in [2.45, 2.75) is 39.0 Å². The number of nitrogens with zero attached hydrogens (tertiary/aromatic N) is 1. The first kappa shape index (κ1) is 15.8. The number of rotatable bonds is 5. The summed E-state index contributed by atoms with van der Waals surface area (Å²) in [5.74, 6) is 1.37. The molecule has 2 rings (SSSR count). The number of non-ortho nitro benzene ring substituents is 1. The highest BCUT2D eigenvalue weighted by molar-refractivity contribution is 5.44. The summed E-state index contributed by atoms with van der Waals surface area (Å²) in [6, 6.07) is 4.81. The van der Waals surface area contributed by atoms with Crippen molar-refractivity contribution in [2.24, 2.45) is 17.1 Å². The van der Waals surface area contributed by atoms with Gasteiger partial charge in [-0.1, -0.05) is 19.8 Å². The van der Waals surface area contributed by atoms with Crippen LogP contribution in [0.25, 0.3) is 0 Å². The van der Waals surface area contributed by atoms with Crippen molar-refractivity contribution in [1.29, 1.82) is 0 Å². The monoisotopic (exact) mass is 292 g/mol. The Bertz CT molecular complexity index is 518. The second-order valence-electron chi connectivity index (χ2n) is 6.34. The lowest BCUT2D eigenvalue weighted by atomic mass is 9.67. The number of hydrogen-bond acceptors (Lipinski definition) is 4. The Morgan fingerprint density at radius 2 is 2.29 bits per heavy atom. The minimum Gasteiger partial charge on any atom is -0.496 e. The molecule has 1 aliphatic carbocycles. The Morgan fingerprint density at radius 3 is 2.86 bits per heavy atom. The maximum Gasteiger partial charge on any atom is 0.269 e. The lowest BCUT2D eigenvalue weighted by Gasteiger charge is -2.39. The molecule has 0 radical (unpaired) electrons. The van der Waals surface area contributed by atoms with Gasteiger partial charge in [-0.3, -0.25) is 10.1 Å². The zero-order chi connectivity index (χ0) is 15.5. The normalized spacial score (nSPS) is 25.6. The quantitative estimate of drug-likeness (QED) is 0.667. The van der Waals surface area contributed by atoms with Crippen molar-refractivity contribution < 1.29 is 9.66 Å². The van der Waals surface area contributed by atoms with Crippen LogP contribution in [-0.2, 0) is 6.42 Å². The minimum absolute atomic E-state index is 0.0418. The number of nitro benzene ring substituents is 1. The summed E-state index contributed by atoms with van der Waals surface area (Å²) in [5.41, 5.74) is 7.11. The fourth-order valence-corrected chi connectivity index (χ4v) is 3.61. The molecule has 5 nitrogen and oxygen atoms in total. The van der Waals surface area contributed by atoms with Gasteiger partial charge in [0.05, 0.1) is 12.0 Å². The summed E-state index contributed by atoms with van der Waals surface area (Å²) >= 11 is 0. The minimum atomic E-state index is -0.360. The molecule has 116 valence electrons. The van der Waals surface area contributed by atoms with Crippen LogP contribution in [0.5, 0.6) is 5.75 Å². The maximum atomic E-state index is 11.0. The van der Waals surface area contributed by atoms with Crippen LogP contribution in [0, 0.1) is 21.4 Å². The Morgan fingerprint density at radius 1 is 1.52 bits per heavy atom. The van der Waals surface area contributed by atoms with E-state index in [-0.39, 0.29) is 16.0 Å². The van der Waals surface area contributed by atoms with Crippen LogP contribution in [0.15, 0.2) is 18.2 Å². The Hall–Kier alpha value is -1.62. The van der Waals surface area contributed by atoms with Crippen molar-refractivity contribution in [1.82, 2.24) is 0 Å². The van der Waals surface area contributed by atoms with Crippen LogP contribution in [0.2, 0.25) is 0 Å². The van der Waals surface area contributed by atoms with E-state index in [1.807, 2.05) is 0 Å². The average molecular weight is 292 g/mol. The Balaban J connectivity index is 2.31. The lowest BCUT2D eigenvalue weighted by Crippen LogP contribution is -2.37. The summed E-state index contributed by atoms with van der Waals surface area (Å²) in [6.45, 7) is 2.87.